The van der Waals surface area contributed by atoms with E-state index in [0.717, 1.165) is 19.5 Å². The molecule has 0 aliphatic heterocycles. The molecule has 2 N–H and O–H groups in total. The fourth-order valence-electron chi connectivity index (χ4n) is 2.74. The summed E-state index contributed by atoms with van der Waals surface area (Å²) < 4.78 is 2.25. The third kappa shape index (κ3) is 7.24. The second-order valence-corrected chi connectivity index (χ2v) is 6.78. The van der Waals surface area contributed by atoms with Crippen LogP contribution in [0, 0.1) is 0 Å². The lowest BCUT2D eigenvalue weighted by molar-refractivity contribution is -0.697. The van der Waals surface area contributed by atoms with Gasteiger partial charge in [-0.25, -0.2) is 4.57 Å². The Morgan fingerprint density at radius 1 is 0.808 bits per heavy atom. The van der Waals surface area contributed by atoms with Crippen molar-refractivity contribution in [1.82, 2.24) is 0 Å². The third-order valence-electron chi connectivity index (χ3n) is 4.39. The van der Waals surface area contributed by atoms with Gasteiger partial charge in [-0.15, -0.1) is 0 Å². The van der Waals surface area contributed by atoms with E-state index in [-0.39, 0.29) is 0 Å². The van der Waals surface area contributed by atoms with Crippen LogP contribution in [0.1, 0.15) is 36.8 Å². The SMILES string of the molecule is CN(C)c1ccc(/C=C/C=C/c2cc[n+](CCCCCCN)cc2)cc1. The number of rotatable bonds is 10. The van der Waals surface area contributed by atoms with E-state index >= 15 is 0 Å². The monoisotopic (exact) mass is 350 g/mol. The summed E-state index contributed by atoms with van der Waals surface area (Å²) in [5.74, 6) is 0. The van der Waals surface area contributed by atoms with Crippen LogP contribution >= 0.6 is 0 Å². The van der Waals surface area contributed by atoms with Crippen LogP contribution in [0.15, 0.2) is 60.9 Å². The van der Waals surface area contributed by atoms with Gasteiger partial charge in [-0.2, -0.15) is 0 Å². The second-order valence-electron chi connectivity index (χ2n) is 6.78. The van der Waals surface area contributed by atoms with E-state index in [1.165, 1.54) is 36.1 Å². The number of nitrogens with zero attached hydrogens (tertiary/aromatic N) is 2. The van der Waals surface area contributed by atoms with Gasteiger partial charge in [0.15, 0.2) is 12.4 Å². The Kier molecular flexibility index (Phi) is 8.64. The second kappa shape index (κ2) is 11.3. The highest BCUT2D eigenvalue weighted by atomic mass is 15.1. The zero-order valence-corrected chi connectivity index (χ0v) is 16.1. The summed E-state index contributed by atoms with van der Waals surface area (Å²) in [6, 6.07) is 12.9. The number of aryl methyl sites for hydroxylation is 1. The maximum absolute atomic E-state index is 5.52. The predicted octanol–water partition coefficient (Wildman–Crippen LogP) is 4.29. The van der Waals surface area contributed by atoms with Gasteiger partial charge in [0.2, 0.25) is 0 Å². The Balaban J connectivity index is 1.78. The first-order chi connectivity index (χ1) is 12.7. The first-order valence-corrected chi connectivity index (χ1v) is 9.50. The van der Waals surface area contributed by atoms with E-state index in [1.807, 2.05) is 0 Å². The highest BCUT2D eigenvalue weighted by Gasteiger charge is 1.99. The van der Waals surface area contributed by atoms with Crippen LogP contribution in [-0.2, 0) is 6.54 Å². The summed E-state index contributed by atoms with van der Waals surface area (Å²) in [7, 11) is 4.11. The summed E-state index contributed by atoms with van der Waals surface area (Å²) in [6.45, 7) is 1.89. The zero-order chi connectivity index (χ0) is 18.6. The minimum Gasteiger partial charge on any atom is -0.378 e. The molecule has 0 aliphatic carbocycles. The van der Waals surface area contributed by atoms with Crippen molar-refractivity contribution in [1.29, 1.82) is 0 Å². The van der Waals surface area contributed by atoms with Gasteiger partial charge in [0.1, 0.15) is 6.54 Å². The van der Waals surface area contributed by atoms with Crippen LogP contribution in [0.2, 0.25) is 0 Å². The summed E-state index contributed by atoms with van der Waals surface area (Å²) in [5.41, 5.74) is 9.17. The first-order valence-electron chi connectivity index (χ1n) is 9.50. The van der Waals surface area contributed by atoms with Gasteiger partial charge in [0.25, 0.3) is 0 Å². The van der Waals surface area contributed by atoms with E-state index < -0.39 is 0 Å². The maximum Gasteiger partial charge on any atom is 0.169 e. The van der Waals surface area contributed by atoms with Crippen LogP contribution in [0.25, 0.3) is 12.2 Å². The standard InChI is InChI=1S/C23H32N3/c1-25(2)23-13-11-21(12-14-23)9-5-6-10-22-15-19-26(20-16-22)18-8-4-3-7-17-24/h5-6,9-16,19-20H,3-4,7-8,17-18,24H2,1-2H3/q+1. The van der Waals surface area contributed by atoms with Crippen molar-refractivity contribution < 1.29 is 4.57 Å². The summed E-state index contributed by atoms with van der Waals surface area (Å²) in [4.78, 5) is 2.11. The number of pyridine rings is 1. The molecule has 3 heteroatoms. The lowest BCUT2D eigenvalue weighted by atomic mass is 10.1. The lowest BCUT2D eigenvalue weighted by Gasteiger charge is -2.11. The minimum atomic E-state index is 0.810. The van der Waals surface area contributed by atoms with Crippen molar-refractivity contribution in [2.75, 3.05) is 25.5 Å². The first kappa shape index (κ1) is 19.9. The number of benzene rings is 1. The molecule has 0 bridgehead atoms. The number of allylic oxidation sites excluding steroid dienone is 2. The van der Waals surface area contributed by atoms with Gasteiger partial charge < -0.3 is 10.6 Å². The van der Waals surface area contributed by atoms with Crippen molar-refractivity contribution in [3.05, 3.63) is 72.1 Å². The fraction of sp³-hybridized carbons (Fsp3) is 0.348. The van der Waals surface area contributed by atoms with Crippen LogP contribution in [-0.4, -0.2) is 20.6 Å². The molecule has 0 unspecified atom stereocenters. The Bertz CT molecular complexity index is 682. The number of hydrogen-bond acceptors (Lipinski definition) is 2. The summed E-state index contributed by atoms with van der Waals surface area (Å²) in [6.07, 6.45) is 17.6. The van der Waals surface area contributed by atoms with Gasteiger partial charge in [-0.1, -0.05) is 42.9 Å². The fourth-order valence-corrected chi connectivity index (χ4v) is 2.74. The summed E-state index contributed by atoms with van der Waals surface area (Å²) >= 11 is 0. The Labute approximate surface area is 158 Å². The van der Waals surface area contributed by atoms with Gasteiger partial charge in [0, 0.05) is 38.3 Å². The Hall–Kier alpha value is -2.39. The normalized spacial score (nSPS) is 11.5. The van der Waals surface area contributed by atoms with Crippen LogP contribution < -0.4 is 15.2 Å². The average Bonchev–Trinajstić information content (AvgIpc) is 2.66. The maximum atomic E-state index is 5.52. The molecule has 0 saturated heterocycles. The average molecular weight is 351 g/mol. The molecular formula is C23H32N3+. The molecule has 1 aromatic heterocycles. The molecule has 0 fully saturated rings. The topological polar surface area (TPSA) is 33.1 Å². The molecule has 138 valence electrons. The largest absolute Gasteiger partial charge is 0.378 e. The van der Waals surface area contributed by atoms with Gasteiger partial charge in [0.05, 0.1) is 0 Å². The van der Waals surface area contributed by atoms with Crippen molar-refractivity contribution in [3.63, 3.8) is 0 Å². The van der Waals surface area contributed by atoms with E-state index in [1.54, 1.807) is 0 Å². The van der Waals surface area contributed by atoms with Crippen molar-refractivity contribution in [3.8, 4) is 0 Å². The van der Waals surface area contributed by atoms with E-state index in [4.69, 9.17) is 5.73 Å². The minimum absolute atomic E-state index is 0.810. The number of nitrogens with two attached hydrogens (primary N) is 1. The van der Waals surface area contributed by atoms with Crippen molar-refractivity contribution in [2.45, 2.75) is 32.2 Å². The zero-order valence-electron chi connectivity index (χ0n) is 16.1. The smallest absolute Gasteiger partial charge is 0.169 e. The third-order valence-corrected chi connectivity index (χ3v) is 4.39. The Morgan fingerprint density at radius 2 is 1.38 bits per heavy atom. The van der Waals surface area contributed by atoms with Crippen LogP contribution in [0.4, 0.5) is 5.69 Å². The van der Waals surface area contributed by atoms with Crippen LogP contribution in [0.3, 0.4) is 0 Å². The molecule has 0 saturated carbocycles. The van der Waals surface area contributed by atoms with Crippen LogP contribution in [0.5, 0.6) is 0 Å². The molecule has 0 amide bonds. The molecule has 26 heavy (non-hydrogen) atoms. The molecule has 1 heterocycles. The van der Waals surface area contributed by atoms with Crippen molar-refractivity contribution >= 4 is 17.8 Å². The lowest BCUT2D eigenvalue weighted by Crippen LogP contribution is -2.32. The van der Waals surface area contributed by atoms with Gasteiger partial charge >= 0.3 is 0 Å². The molecule has 2 aromatic rings. The number of unbranched alkanes of at least 4 members (excludes halogenated alkanes) is 3. The van der Waals surface area contributed by atoms with Gasteiger partial charge in [-0.3, -0.25) is 0 Å². The summed E-state index contributed by atoms with van der Waals surface area (Å²) in [5, 5.41) is 0. The highest BCUT2D eigenvalue weighted by molar-refractivity contribution is 5.59. The molecule has 1 aromatic carbocycles. The Morgan fingerprint density at radius 3 is 1.96 bits per heavy atom. The predicted molar refractivity (Wildman–Crippen MR) is 113 cm³/mol. The number of hydrogen-bond donors (Lipinski definition) is 1. The van der Waals surface area contributed by atoms with E-state index in [0.29, 0.717) is 0 Å². The van der Waals surface area contributed by atoms with E-state index in [9.17, 15) is 0 Å². The quantitative estimate of drug-likeness (QED) is 0.394. The molecule has 2 rings (SSSR count). The number of anilines is 1. The molecule has 0 atom stereocenters. The van der Waals surface area contributed by atoms with E-state index in [2.05, 4.69) is 96.7 Å². The van der Waals surface area contributed by atoms with Gasteiger partial charge in [-0.05, 0) is 42.6 Å². The molecule has 0 aliphatic rings. The molecule has 0 radical (unpaired) electrons. The molecule has 0 spiro atoms. The highest BCUT2D eigenvalue weighted by Crippen LogP contribution is 2.13. The number of aromatic nitrogens is 1. The molecular weight excluding hydrogens is 318 g/mol. The molecule has 3 nitrogen and oxygen atoms in total. The van der Waals surface area contributed by atoms with Crippen molar-refractivity contribution in [2.24, 2.45) is 5.73 Å².